The lowest BCUT2D eigenvalue weighted by Gasteiger charge is -2.37. The van der Waals surface area contributed by atoms with Gasteiger partial charge in [-0.05, 0) is 62.8 Å². The molecule has 2 saturated heterocycles. The Bertz CT molecular complexity index is 2530. The highest BCUT2D eigenvalue weighted by atomic mass is 16.4. The molecule has 2 aliphatic heterocycles. The normalized spacial score (nSPS) is 16.4. The number of carboxylic acid groups (broad SMARTS) is 8. The Morgan fingerprint density at radius 2 is 1.07 bits per heavy atom. The van der Waals surface area contributed by atoms with E-state index in [4.69, 9.17) is 5.11 Å². The molecule has 0 bridgehead atoms. The largest absolute Gasteiger partial charge is 0.480 e. The molecule has 86 heavy (non-hydrogen) atoms. The quantitative estimate of drug-likeness (QED) is 0.0388. The minimum atomic E-state index is -1.31. The summed E-state index contributed by atoms with van der Waals surface area (Å²) < 4.78 is 0. The van der Waals surface area contributed by atoms with Gasteiger partial charge in [0.1, 0.15) is 25.7 Å². The van der Waals surface area contributed by atoms with Crippen molar-refractivity contribution in [3.05, 3.63) is 29.8 Å². The van der Waals surface area contributed by atoms with Crippen molar-refractivity contribution >= 4 is 83.2 Å². The summed E-state index contributed by atoms with van der Waals surface area (Å²) in [4.78, 5) is 143. The van der Waals surface area contributed by atoms with Crippen molar-refractivity contribution in [3.8, 4) is 0 Å². The number of carbonyl (C=O) groups excluding carboxylic acids is 2. The average molecular weight is 1220 g/mol. The van der Waals surface area contributed by atoms with Crippen LogP contribution in [0.15, 0.2) is 24.3 Å². The number of rotatable bonds is 38. The van der Waals surface area contributed by atoms with Crippen LogP contribution in [0.1, 0.15) is 82.6 Å². The second kappa shape index (κ2) is 38.1. The van der Waals surface area contributed by atoms with Gasteiger partial charge in [0, 0.05) is 96.7 Å². The highest BCUT2D eigenvalue weighted by Crippen LogP contribution is 2.23. The lowest BCUT2D eigenvalue weighted by Crippen LogP contribution is -2.53. The van der Waals surface area contributed by atoms with Crippen LogP contribution in [-0.2, 0) is 49.6 Å². The molecule has 12 N–H and O–H groups in total. The molecule has 4 rings (SSSR count). The van der Waals surface area contributed by atoms with E-state index >= 15 is 0 Å². The fourth-order valence-electron chi connectivity index (χ4n) is 9.96. The van der Waals surface area contributed by atoms with Gasteiger partial charge in [0.25, 0.3) is 0 Å². The lowest BCUT2D eigenvalue weighted by molar-refractivity contribution is -0.142. The first-order chi connectivity index (χ1) is 41.0. The zero-order valence-corrected chi connectivity index (χ0v) is 48.4. The molecule has 2 fully saturated rings. The molecule has 0 saturated carbocycles. The maximum Gasteiger partial charge on any atom is 0.326 e. The van der Waals surface area contributed by atoms with Crippen LogP contribution in [0.5, 0.6) is 0 Å². The number of aliphatic carboxylic acids is 8. The third-order valence-corrected chi connectivity index (χ3v) is 14.3. The molecular weight excluding hydrogens is 1130 g/mol. The molecule has 1 unspecified atom stereocenters. The van der Waals surface area contributed by atoms with Crippen LogP contribution in [0.25, 0.3) is 0 Å². The van der Waals surface area contributed by atoms with E-state index in [1.54, 1.807) is 43.9 Å². The van der Waals surface area contributed by atoms with Crippen molar-refractivity contribution in [3.63, 3.8) is 0 Å². The molecular formula is C54H84N14O18. The van der Waals surface area contributed by atoms with Crippen LogP contribution in [0.3, 0.4) is 0 Å². The Hall–Kier alpha value is -8.07. The molecule has 3 amide bonds. The van der Waals surface area contributed by atoms with Gasteiger partial charge in [0.15, 0.2) is 0 Å². The molecule has 478 valence electrons. The Labute approximate surface area is 497 Å². The maximum absolute atomic E-state index is 12.3. The predicted octanol–water partition coefficient (Wildman–Crippen LogP) is -0.182. The molecule has 1 aromatic heterocycles. The topological polar surface area (TPSA) is 442 Å². The second-order valence-corrected chi connectivity index (χ2v) is 21.3. The van der Waals surface area contributed by atoms with Gasteiger partial charge in [0.05, 0.1) is 26.2 Å². The molecule has 32 nitrogen and oxygen atoms in total. The van der Waals surface area contributed by atoms with Crippen molar-refractivity contribution in [1.82, 2.24) is 55.4 Å². The van der Waals surface area contributed by atoms with E-state index < -0.39 is 98.6 Å². The summed E-state index contributed by atoms with van der Waals surface area (Å²) in [6.45, 7) is 0.915. The number of carboxylic acids is 8. The minimum absolute atomic E-state index is 0.00207. The van der Waals surface area contributed by atoms with Crippen LogP contribution < -0.4 is 31.1 Å². The van der Waals surface area contributed by atoms with Gasteiger partial charge in [-0.2, -0.15) is 15.0 Å². The van der Waals surface area contributed by atoms with Crippen molar-refractivity contribution < 1.29 is 88.8 Å². The first-order valence-corrected chi connectivity index (χ1v) is 28.8. The minimum Gasteiger partial charge on any atom is -0.480 e. The molecule has 0 spiro atoms. The third kappa shape index (κ3) is 29.2. The summed E-state index contributed by atoms with van der Waals surface area (Å²) in [7, 11) is 0. The maximum atomic E-state index is 12.3. The molecule has 32 heteroatoms. The van der Waals surface area contributed by atoms with E-state index in [2.05, 4.69) is 41.1 Å². The number of hydrogen-bond donors (Lipinski definition) is 12. The number of carbonyl (C=O) groups is 10. The Balaban J connectivity index is 1.30. The zero-order chi connectivity index (χ0) is 63.0. The molecule has 2 atom stereocenters. The first kappa shape index (κ1) is 70.4. The van der Waals surface area contributed by atoms with Crippen molar-refractivity contribution in [2.75, 3.05) is 146 Å². The van der Waals surface area contributed by atoms with E-state index in [0.29, 0.717) is 63.2 Å². The number of nitrogens with zero attached hydrogens (tertiary/aromatic N) is 10. The van der Waals surface area contributed by atoms with Crippen molar-refractivity contribution in [2.45, 2.75) is 95.6 Å². The molecule has 2 aliphatic rings. The molecule has 0 aliphatic carbocycles. The van der Waals surface area contributed by atoms with Crippen LogP contribution in [0.2, 0.25) is 0 Å². The van der Waals surface area contributed by atoms with Gasteiger partial charge < -0.3 is 71.9 Å². The smallest absolute Gasteiger partial charge is 0.326 e. The van der Waals surface area contributed by atoms with Gasteiger partial charge in [-0.1, -0.05) is 50.7 Å². The number of nitrogens with one attached hydrogen (secondary N) is 4. The van der Waals surface area contributed by atoms with Gasteiger partial charge in [-0.15, -0.1) is 0 Å². The number of amides is 3. The number of aromatic nitrogens is 3. The highest BCUT2D eigenvalue weighted by molar-refractivity contribution is 5.84. The predicted molar refractivity (Wildman–Crippen MR) is 309 cm³/mol. The zero-order valence-electron chi connectivity index (χ0n) is 48.4. The summed E-state index contributed by atoms with van der Waals surface area (Å²) >= 11 is 0. The van der Waals surface area contributed by atoms with Gasteiger partial charge in [0.2, 0.25) is 23.8 Å². The van der Waals surface area contributed by atoms with E-state index in [0.717, 1.165) is 62.8 Å². The average Bonchev–Trinajstić information content (AvgIpc) is 3.20. The Morgan fingerprint density at radius 3 is 1.63 bits per heavy atom. The van der Waals surface area contributed by atoms with Crippen molar-refractivity contribution in [2.24, 2.45) is 0 Å². The lowest BCUT2D eigenvalue weighted by atomic mass is 10.0. The van der Waals surface area contributed by atoms with Gasteiger partial charge in [-0.25, -0.2) is 9.59 Å². The van der Waals surface area contributed by atoms with E-state index in [1.807, 2.05) is 4.90 Å². The molecule has 1 aromatic carbocycles. The summed E-state index contributed by atoms with van der Waals surface area (Å²) in [5.74, 6) is -9.67. The highest BCUT2D eigenvalue weighted by Gasteiger charge is 2.29. The summed E-state index contributed by atoms with van der Waals surface area (Å²) in [5, 5.41) is 86.7. The number of urea groups is 1. The van der Waals surface area contributed by atoms with E-state index in [9.17, 15) is 83.7 Å². The first-order valence-electron chi connectivity index (χ1n) is 28.8. The van der Waals surface area contributed by atoms with E-state index in [-0.39, 0.29) is 95.5 Å². The van der Waals surface area contributed by atoms with Gasteiger partial charge in [-0.3, -0.25) is 62.9 Å². The molecule has 3 heterocycles. The number of hydrogen-bond acceptors (Lipinski definition) is 21. The summed E-state index contributed by atoms with van der Waals surface area (Å²) in [6.07, 6.45) is 9.54. The monoisotopic (exact) mass is 1220 g/mol. The number of unbranched alkanes of at least 4 members (excludes halogenated alkanes) is 8. The van der Waals surface area contributed by atoms with Crippen LogP contribution in [0, 0.1) is 0 Å². The van der Waals surface area contributed by atoms with Gasteiger partial charge >= 0.3 is 53.8 Å². The van der Waals surface area contributed by atoms with Crippen molar-refractivity contribution in [1.29, 1.82) is 0 Å². The standard InChI is InChI=1S/C54H84N14O18/c69-42(55-17-9-8-11-41(50(84)85)58-54(86)56-30-43(70)71)12-7-5-3-1-2-4-6-10-18-62-23-26-66(27-24-62)52-59-51(60-53(61-52)68(36-48(80)81)37-49(82)83)57-39-15-13-38(14-16-39)29-40-31-65(34-46(76)77)22-21-63(32-44(72)73)19-20-64(33-45(74)75)25-28-67(40)35-47(78)79/h13-16,40-41H,1-12,17-37H2,(H,55,69)(H,70,71)(H,72,73)(H,74,75)(H,76,77)(H,78,79)(H,80,81)(H,82,83)(H,84,85)(H2,56,58,86)(H,57,59,60,61)/t40?,41-/m0/s1. The SMILES string of the molecule is O=C(O)CNC(=O)N[C@@H](CCCCNC(=O)CCCCCCCCCCN1CCN(c2nc(Nc3ccc(CC4CN(CC(=O)O)CCN(CC(=O)O)CCN(CC(=O)O)CCN4CC(=O)O)cc3)nc(N(CC(=O)O)CC(=O)O)n2)CC1)C(=O)O. The summed E-state index contributed by atoms with van der Waals surface area (Å²) in [5.41, 5.74) is 1.19. The Morgan fingerprint density at radius 1 is 0.535 bits per heavy atom. The Kier molecular flexibility index (Phi) is 31.2. The summed E-state index contributed by atoms with van der Waals surface area (Å²) in [6, 6.07) is 4.26. The number of benzene rings is 1. The molecule has 0 radical (unpaired) electrons. The van der Waals surface area contributed by atoms with Crippen LogP contribution in [0.4, 0.5) is 28.3 Å². The van der Waals surface area contributed by atoms with Crippen LogP contribution in [-0.4, -0.2) is 283 Å². The van der Waals surface area contributed by atoms with Crippen LogP contribution >= 0.6 is 0 Å². The third-order valence-electron chi connectivity index (χ3n) is 14.3. The number of piperazine rings is 1. The number of anilines is 4. The second-order valence-electron chi connectivity index (χ2n) is 21.3. The fraction of sp³-hybridized carbons (Fsp3) is 0.648. The molecule has 2 aromatic rings. The van der Waals surface area contributed by atoms with E-state index in [1.165, 1.54) is 0 Å². The fourth-order valence-corrected chi connectivity index (χ4v) is 9.96.